The quantitative estimate of drug-likeness (QED) is 0.770. The number of rotatable bonds is 3. The number of ether oxygens (including phenoxy) is 1. The van der Waals surface area contributed by atoms with Crippen LogP contribution < -0.4 is 15.0 Å². The molecule has 5 rings (SSSR count). The van der Waals surface area contributed by atoms with E-state index in [0.29, 0.717) is 0 Å². The summed E-state index contributed by atoms with van der Waals surface area (Å²) in [7, 11) is 0. The van der Waals surface area contributed by atoms with Gasteiger partial charge in [0.2, 0.25) is 0 Å². The lowest BCUT2D eigenvalue weighted by molar-refractivity contribution is 0.165. The predicted molar refractivity (Wildman–Crippen MR) is 98.9 cm³/mol. The maximum absolute atomic E-state index is 6.06. The summed E-state index contributed by atoms with van der Waals surface area (Å²) < 4.78 is 8.04. The van der Waals surface area contributed by atoms with Gasteiger partial charge < -0.3 is 15.0 Å². The number of anilines is 1. The van der Waals surface area contributed by atoms with Crippen LogP contribution in [0.2, 0.25) is 0 Å². The Morgan fingerprint density at radius 2 is 2.04 bits per heavy atom. The Labute approximate surface area is 152 Å². The summed E-state index contributed by atoms with van der Waals surface area (Å²) in [6.07, 6.45) is 5.76. The molecule has 0 saturated carbocycles. The van der Waals surface area contributed by atoms with Gasteiger partial charge in [-0.25, -0.2) is 4.98 Å². The van der Waals surface area contributed by atoms with E-state index in [1.54, 1.807) is 6.20 Å². The molecule has 0 aliphatic carbocycles. The van der Waals surface area contributed by atoms with Gasteiger partial charge in [-0.05, 0) is 32.0 Å². The Morgan fingerprint density at radius 1 is 1.15 bits per heavy atom. The number of aromatic nitrogens is 4. The highest BCUT2D eigenvalue weighted by Gasteiger charge is 2.33. The molecule has 3 aromatic rings. The van der Waals surface area contributed by atoms with E-state index in [9.17, 15) is 0 Å². The third-order valence-electron chi connectivity index (χ3n) is 5.12. The molecule has 1 N–H and O–H groups in total. The number of hydrogen-bond donors (Lipinski definition) is 1. The van der Waals surface area contributed by atoms with Crippen molar-refractivity contribution in [2.75, 3.05) is 31.1 Å². The normalized spacial score (nSPS) is 17.7. The summed E-state index contributed by atoms with van der Waals surface area (Å²) in [5.41, 5.74) is 4.45. The molecule has 0 bridgehead atoms. The molecule has 1 fully saturated rings. The molecular formula is C19H22N6O. The van der Waals surface area contributed by atoms with Gasteiger partial charge in [-0.3, -0.25) is 4.98 Å². The lowest BCUT2D eigenvalue weighted by Crippen LogP contribution is -2.55. The highest BCUT2D eigenvalue weighted by atomic mass is 16.5. The molecule has 134 valence electrons. The van der Waals surface area contributed by atoms with Gasteiger partial charge in [0.15, 0.2) is 5.65 Å². The molecule has 2 aliphatic heterocycles. The molecule has 3 aromatic heterocycles. The van der Waals surface area contributed by atoms with Crippen LogP contribution in [0.5, 0.6) is 5.75 Å². The van der Waals surface area contributed by atoms with Gasteiger partial charge in [0.1, 0.15) is 17.7 Å². The maximum Gasteiger partial charge on any atom is 0.157 e. The van der Waals surface area contributed by atoms with Gasteiger partial charge in [0.25, 0.3) is 0 Å². The van der Waals surface area contributed by atoms with E-state index in [4.69, 9.17) is 9.72 Å². The largest absolute Gasteiger partial charge is 0.485 e. The van der Waals surface area contributed by atoms with Gasteiger partial charge in [0, 0.05) is 30.3 Å². The van der Waals surface area contributed by atoms with Crippen molar-refractivity contribution in [1.82, 2.24) is 24.9 Å². The lowest BCUT2D eigenvalue weighted by atomic mass is 10.1. The smallest absolute Gasteiger partial charge is 0.157 e. The monoisotopic (exact) mass is 350 g/mol. The van der Waals surface area contributed by atoms with E-state index in [-0.39, 0.29) is 6.10 Å². The second kappa shape index (κ2) is 6.25. The zero-order valence-corrected chi connectivity index (χ0v) is 14.9. The maximum atomic E-state index is 6.06. The number of hydrogen-bond acceptors (Lipinski definition) is 6. The minimum atomic E-state index is 0.179. The second-order valence-corrected chi connectivity index (χ2v) is 6.99. The Hall–Kier alpha value is -2.67. The summed E-state index contributed by atoms with van der Waals surface area (Å²) in [4.78, 5) is 11.5. The number of nitrogens with one attached hydrogen (secondary N) is 1. The summed E-state index contributed by atoms with van der Waals surface area (Å²) in [6, 6.07) is 5.95. The van der Waals surface area contributed by atoms with Crippen molar-refractivity contribution in [3.05, 3.63) is 47.5 Å². The van der Waals surface area contributed by atoms with Crippen molar-refractivity contribution in [3.63, 3.8) is 0 Å². The molecule has 0 radical (unpaired) electrons. The van der Waals surface area contributed by atoms with Gasteiger partial charge in [-0.1, -0.05) is 0 Å². The van der Waals surface area contributed by atoms with Crippen LogP contribution in [0.15, 0.2) is 30.6 Å². The van der Waals surface area contributed by atoms with E-state index >= 15 is 0 Å². The molecule has 0 aromatic carbocycles. The molecule has 5 heterocycles. The molecule has 0 amide bonds. The molecule has 0 atom stereocenters. The minimum absolute atomic E-state index is 0.179. The summed E-state index contributed by atoms with van der Waals surface area (Å²) in [5, 5.41) is 7.99. The van der Waals surface area contributed by atoms with Crippen molar-refractivity contribution >= 4 is 11.5 Å². The first-order valence-electron chi connectivity index (χ1n) is 9.18. The standard InChI is InChI=1S/C19H22N6O/c1-13-2-3-14(10-21-13)26-15-11-24(12-15)19-16-4-7-20-8-5-17(16)23-18-6-9-22-25(18)19/h2-3,6,9-10,15,20H,4-5,7-8,11-12H2,1H3. The topological polar surface area (TPSA) is 67.6 Å². The first kappa shape index (κ1) is 15.6. The SMILES string of the molecule is Cc1ccc(OC2CN(c3c4c(nc5ccnn35)CCNCC4)C2)cn1. The van der Waals surface area contributed by atoms with Crippen molar-refractivity contribution in [3.8, 4) is 5.75 Å². The van der Waals surface area contributed by atoms with Crippen molar-refractivity contribution < 1.29 is 4.74 Å². The molecule has 7 heteroatoms. The molecule has 0 unspecified atom stereocenters. The van der Waals surface area contributed by atoms with Crippen molar-refractivity contribution in [1.29, 1.82) is 0 Å². The lowest BCUT2D eigenvalue weighted by Gasteiger charge is -2.41. The molecule has 7 nitrogen and oxygen atoms in total. The van der Waals surface area contributed by atoms with Gasteiger partial charge in [-0.2, -0.15) is 9.61 Å². The van der Waals surface area contributed by atoms with E-state index in [1.807, 2.05) is 35.8 Å². The molecular weight excluding hydrogens is 328 g/mol. The number of fused-ring (bicyclic) bond motifs is 2. The number of pyridine rings is 1. The Bertz CT molecular complexity index is 929. The van der Waals surface area contributed by atoms with E-state index in [1.165, 1.54) is 17.1 Å². The average molecular weight is 350 g/mol. The Morgan fingerprint density at radius 3 is 2.88 bits per heavy atom. The first-order valence-corrected chi connectivity index (χ1v) is 9.18. The number of aryl methyl sites for hydroxylation is 1. The molecule has 2 aliphatic rings. The molecule has 1 saturated heterocycles. The van der Waals surface area contributed by atoms with Gasteiger partial charge >= 0.3 is 0 Å². The van der Waals surface area contributed by atoms with Crippen LogP contribution in [0.4, 0.5) is 5.82 Å². The summed E-state index contributed by atoms with van der Waals surface area (Å²) >= 11 is 0. The van der Waals surface area contributed by atoms with E-state index < -0.39 is 0 Å². The van der Waals surface area contributed by atoms with Crippen molar-refractivity contribution in [2.45, 2.75) is 25.9 Å². The van der Waals surface area contributed by atoms with E-state index in [2.05, 4.69) is 20.3 Å². The van der Waals surface area contributed by atoms with Crippen LogP contribution in [0.25, 0.3) is 5.65 Å². The predicted octanol–water partition coefficient (Wildman–Crippen LogP) is 1.39. The van der Waals surface area contributed by atoms with Gasteiger partial charge in [-0.15, -0.1) is 0 Å². The fourth-order valence-electron chi connectivity index (χ4n) is 3.74. The minimum Gasteiger partial charge on any atom is -0.485 e. The van der Waals surface area contributed by atoms with Crippen LogP contribution in [-0.2, 0) is 12.8 Å². The highest BCUT2D eigenvalue weighted by Crippen LogP contribution is 2.30. The Kier molecular flexibility index (Phi) is 3.74. The number of nitrogens with zero attached hydrogens (tertiary/aromatic N) is 5. The molecule has 26 heavy (non-hydrogen) atoms. The zero-order chi connectivity index (χ0) is 17.5. The van der Waals surface area contributed by atoms with Crippen LogP contribution in [-0.4, -0.2) is 51.9 Å². The fraction of sp³-hybridized carbons (Fsp3) is 0.421. The zero-order valence-electron chi connectivity index (χ0n) is 14.9. The van der Waals surface area contributed by atoms with Crippen LogP contribution in [0.3, 0.4) is 0 Å². The third kappa shape index (κ3) is 2.68. The Balaban J connectivity index is 1.40. The first-order chi connectivity index (χ1) is 12.8. The van der Waals surface area contributed by atoms with Crippen LogP contribution >= 0.6 is 0 Å². The summed E-state index contributed by atoms with van der Waals surface area (Å²) in [5.74, 6) is 2.02. The molecule has 0 spiro atoms. The average Bonchev–Trinajstić information content (AvgIpc) is 2.95. The van der Waals surface area contributed by atoms with Crippen LogP contribution in [0.1, 0.15) is 17.0 Å². The van der Waals surface area contributed by atoms with Gasteiger partial charge in [0.05, 0.1) is 31.2 Å². The summed E-state index contributed by atoms with van der Waals surface area (Å²) in [6.45, 7) is 5.65. The third-order valence-corrected chi connectivity index (χ3v) is 5.12. The van der Waals surface area contributed by atoms with Crippen LogP contribution in [0, 0.1) is 6.92 Å². The van der Waals surface area contributed by atoms with Crippen molar-refractivity contribution in [2.24, 2.45) is 0 Å². The fourth-order valence-corrected chi connectivity index (χ4v) is 3.74. The highest BCUT2D eigenvalue weighted by molar-refractivity contribution is 5.59. The second-order valence-electron chi connectivity index (χ2n) is 6.99. The van der Waals surface area contributed by atoms with E-state index in [0.717, 1.165) is 56.1 Å².